The van der Waals surface area contributed by atoms with Crippen LogP contribution < -0.4 is 4.90 Å². The summed E-state index contributed by atoms with van der Waals surface area (Å²) in [7, 11) is 0. The zero-order valence-electron chi connectivity index (χ0n) is 17.1. The quantitative estimate of drug-likeness (QED) is 0.339. The second-order valence-corrected chi connectivity index (χ2v) is 8.64. The van der Waals surface area contributed by atoms with Crippen LogP contribution in [0.4, 0.5) is 5.13 Å². The average Bonchev–Trinajstić information content (AvgIpc) is 3.43. The summed E-state index contributed by atoms with van der Waals surface area (Å²) in [5.41, 5.74) is 3.77. The molecule has 158 valence electrons. The highest BCUT2D eigenvalue weighted by molar-refractivity contribution is 7.22. The third-order valence-electron chi connectivity index (χ3n) is 5.14. The Bertz CT molecular complexity index is 1400. The second kappa shape index (κ2) is 8.53. The number of carbonyl (C=O) groups excluding carboxylic acids is 1. The Kier molecular flexibility index (Phi) is 5.43. The topological polar surface area (TPSA) is 63.9 Å². The van der Waals surface area contributed by atoms with Crippen molar-refractivity contribution in [1.29, 1.82) is 0 Å². The maximum absolute atomic E-state index is 13.8. The van der Waals surface area contributed by atoms with Crippen molar-refractivity contribution >= 4 is 44.2 Å². The van der Waals surface area contributed by atoms with Gasteiger partial charge in [0.05, 0.1) is 39.4 Å². The predicted molar refractivity (Wildman–Crippen MR) is 128 cm³/mol. The maximum atomic E-state index is 13.8. The molecule has 8 heteroatoms. The number of amides is 1. The zero-order valence-corrected chi connectivity index (χ0v) is 18.7. The molecule has 0 saturated heterocycles. The minimum absolute atomic E-state index is 0.177. The SMILES string of the molecule is Cc1c(C(=O)N(Cc2cccnc2)c2nc3c(Cl)cccc3s2)cnn1-c1ccccc1. The lowest BCUT2D eigenvalue weighted by atomic mass is 10.2. The van der Waals surface area contributed by atoms with Crippen molar-refractivity contribution < 1.29 is 4.79 Å². The van der Waals surface area contributed by atoms with E-state index in [0.29, 0.717) is 27.8 Å². The molecule has 5 aromatic rings. The zero-order chi connectivity index (χ0) is 22.1. The van der Waals surface area contributed by atoms with Gasteiger partial charge in [-0.05, 0) is 42.8 Å². The molecule has 0 saturated carbocycles. The molecule has 5 rings (SSSR count). The summed E-state index contributed by atoms with van der Waals surface area (Å²) in [6.45, 7) is 2.23. The van der Waals surface area contributed by atoms with Crippen LogP contribution in [0, 0.1) is 6.92 Å². The van der Waals surface area contributed by atoms with Gasteiger partial charge < -0.3 is 0 Å². The van der Waals surface area contributed by atoms with Crippen LogP contribution in [-0.2, 0) is 6.54 Å². The van der Waals surface area contributed by atoms with Crippen molar-refractivity contribution in [3.05, 3.63) is 101 Å². The van der Waals surface area contributed by atoms with Gasteiger partial charge in [0, 0.05) is 12.4 Å². The average molecular weight is 460 g/mol. The van der Waals surface area contributed by atoms with E-state index in [4.69, 9.17) is 16.6 Å². The fourth-order valence-corrected chi connectivity index (χ4v) is 4.78. The van der Waals surface area contributed by atoms with E-state index in [1.165, 1.54) is 11.3 Å². The third kappa shape index (κ3) is 3.77. The van der Waals surface area contributed by atoms with E-state index < -0.39 is 0 Å². The number of para-hydroxylation sites is 2. The first-order valence-electron chi connectivity index (χ1n) is 9.97. The molecule has 0 N–H and O–H groups in total. The number of hydrogen-bond acceptors (Lipinski definition) is 5. The number of nitrogens with zero attached hydrogens (tertiary/aromatic N) is 5. The summed E-state index contributed by atoms with van der Waals surface area (Å²) in [6, 6.07) is 19.2. The highest BCUT2D eigenvalue weighted by atomic mass is 35.5. The van der Waals surface area contributed by atoms with E-state index in [0.717, 1.165) is 21.6 Å². The summed E-state index contributed by atoms with van der Waals surface area (Å²) in [6.07, 6.45) is 5.07. The van der Waals surface area contributed by atoms with Crippen molar-refractivity contribution in [3.8, 4) is 5.69 Å². The summed E-state index contributed by atoms with van der Waals surface area (Å²) >= 11 is 7.78. The number of rotatable bonds is 5. The monoisotopic (exact) mass is 459 g/mol. The van der Waals surface area contributed by atoms with Crippen LogP contribution in [0.15, 0.2) is 79.3 Å². The van der Waals surface area contributed by atoms with Crippen molar-refractivity contribution in [2.75, 3.05) is 4.90 Å². The Balaban J connectivity index is 1.58. The van der Waals surface area contributed by atoms with Gasteiger partial charge >= 0.3 is 0 Å². The van der Waals surface area contributed by atoms with Gasteiger partial charge in [0.1, 0.15) is 5.52 Å². The lowest BCUT2D eigenvalue weighted by Crippen LogP contribution is -2.30. The van der Waals surface area contributed by atoms with Crippen LogP contribution in [0.25, 0.3) is 15.9 Å². The second-order valence-electron chi connectivity index (χ2n) is 7.23. The van der Waals surface area contributed by atoms with Crippen LogP contribution in [0.3, 0.4) is 0 Å². The molecule has 6 nitrogen and oxygen atoms in total. The molecular formula is C24H18ClN5OS. The van der Waals surface area contributed by atoms with Gasteiger partial charge in [-0.15, -0.1) is 0 Å². The largest absolute Gasteiger partial charge is 0.279 e. The normalized spacial score (nSPS) is 11.1. The molecule has 0 aliphatic rings. The molecule has 32 heavy (non-hydrogen) atoms. The van der Waals surface area contributed by atoms with Gasteiger partial charge in [-0.25, -0.2) is 9.67 Å². The van der Waals surface area contributed by atoms with E-state index in [2.05, 4.69) is 10.1 Å². The first-order valence-corrected chi connectivity index (χ1v) is 11.2. The van der Waals surface area contributed by atoms with Crippen molar-refractivity contribution in [3.63, 3.8) is 0 Å². The Morgan fingerprint density at radius 1 is 1.06 bits per heavy atom. The molecule has 3 aromatic heterocycles. The minimum atomic E-state index is -0.177. The van der Waals surface area contributed by atoms with E-state index in [-0.39, 0.29) is 5.91 Å². The van der Waals surface area contributed by atoms with Crippen molar-refractivity contribution in [2.24, 2.45) is 0 Å². The number of pyridine rings is 1. The predicted octanol–water partition coefficient (Wildman–Crippen LogP) is 5.69. The number of carbonyl (C=O) groups is 1. The lowest BCUT2D eigenvalue weighted by molar-refractivity contribution is 0.0984. The fourth-order valence-electron chi connectivity index (χ4n) is 3.51. The number of hydrogen-bond donors (Lipinski definition) is 0. The summed E-state index contributed by atoms with van der Waals surface area (Å²) < 4.78 is 2.69. The Morgan fingerprint density at radius 2 is 1.91 bits per heavy atom. The summed E-state index contributed by atoms with van der Waals surface area (Å²) in [4.78, 5) is 24.3. The van der Waals surface area contributed by atoms with Crippen LogP contribution in [-0.4, -0.2) is 25.7 Å². The van der Waals surface area contributed by atoms with Gasteiger partial charge in [0.25, 0.3) is 5.91 Å². The van der Waals surface area contributed by atoms with Gasteiger partial charge in [0.15, 0.2) is 5.13 Å². The molecule has 0 atom stereocenters. The van der Waals surface area contributed by atoms with Crippen LogP contribution in [0.2, 0.25) is 5.02 Å². The molecule has 1 amide bonds. The summed E-state index contributed by atoms with van der Waals surface area (Å²) in [5, 5.41) is 5.61. The molecule has 0 unspecified atom stereocenters. The van der Waals surface area contributed by atoms with E-state index in [1.54, 1.807) is 34.2 Å². The minimum Gasteiger partial charge on any atom is -0.279 e. The number of fused-ring (bicyclic) bond motifs is 1. The highest BCUT2D eigenvalue weighted by Gasteiger charge is 2.26. The van der Waals surface area contributed by atoms with E-state index in [1.807, 2.05) is 61.5 Å². The number of anilines is 1. The molecular weight excluding hydrogens is 442 g/mol. The van der Waals surface area contributed by atoms with E-state index >= 15 is 0 Å². The van der Waals surface area contributed by atoms with Gasteiger partial charge in [-0.1, -0.05) is 53.3 Å². The number of thiazole rings is 1. The maximum Gasteiger partial charge on any atom is 0.263 e. The summed E-state index contributed by atoms with van der Waals surface area (Å²) in [5.74, 6) is -0.177. The molecule has 0 aliphatic heterocycles. The Labute approximate surface area is 193 Å². The molecule has 0 fully saturated rings. The smallest absolute Gasteiger partial charge is 0.263 e. The first-order chi connectivity index (χ1) is 15.6. The Hall–Kier alpha value is -3.55. The highest BCUT2D eigenvalue weighted by Crippen LogP contribution is 2.34. The first kappa shape index (κ1) is 20.4. The fraction of sp³-hybridized carbons (Fsp3) is 0.0833. The van der Waals surface area contributed by atoms with Crippen LogP contribution in [0.1, 0.15) is 21.6 Å². The molecule has 0 bridgehead atoms. The Morgan fingerprint density at radius 3 is 2.66 bits per heavy atom. The third-order valence-corrected chi connectivity index (χ3v) is 6.49. The van der Waals surface area contributed by atoms with Crippen LogP contribution in [0.5, 0.6) is 0 Å². The molecule has 0 aliphatic carbocycles. The van der Waals surface area contributed by atoms with Gasteiger partial charge in [0.2, 0.25) is 0 Å². The number of benzene rings is 2. The van der Waals surface area contributed by atoms with Crippen molar-refractivity contribution in [1.82, 2.24) is 19.7 Å². The number of halogens is 1. The molecule has 0 radical (unpaired) electrons. The standard InChI is InChI=1S/C24H18ClN5OS/c1-16-19(14-27-30(16)18-8-3-2-4-9-18)23(31)29(15-17-7-6-12-26-13-17)24-28-22-20(25)10-5-11-21(22)32-24/h2-14H,15H2,1H3. The van der Waals surface area contributed by atoms with Gasteiger partial charge in [-0.2, -0.15) is 5.10 Å². The van der Waals surface area contributed by atoms with Crippen molar-refractivity contribution in [2.45, 2.75) is 13.5 Å². The number of aromatic nitrogens is 4. The lowest BCUT2D eigenvalue weighted by Gasteiger charge is -2.19. The van der Waals surface area contributed by atoms with E-state index in [9.17, 15) is 4.79 Å². The van der Waals surface area contributed by atoms with Crippen LogP contribution >= 0.6 is 22.9 Å². The molecule has 0 spiro atoms. The molecule has 3 heterocycles. The van der Waals surface area contributed by atoms with Gasteiger partial charge in [-0.3, -0.25) is 14.7 Å². The molecule has 2 aromatic carbocycles.